The van der Waals surface area contributed by atoms with Gasteiger partial charge in [-0.2, -0.15) is 0 Å². The lowest BCUT2D eigenvalue weighted by Gasteiger charge is -2.27. The molecule has 1 aromatic heterocycles. The lowest BCUT2D eigenvalue weighted by atomic mass is 9.95. The maximum absolute atomic E-state index is 13.9. The van der Waals surface area contributed by atoms with E-state index in [1.807, 2.05) is 0 Å². The van der Waals surface area contributed by atoms with Crippen molar-refractivity contribution in [1.29, 1.82) is 0 Å². The van der Waals surface area contributed by atoms with Gasteiger partial charge in [-0.05, 0) is 54.1 Å². The minimum absolute atomic E-state index is 0.0749. The Morgan fingerprint density at radius 3 is 2.38 bits per heavy atom. The van der Waals surface area contributed by atoms with E-state index in [-0.39, 0.29) is 24.5 Å². The number of furan rings is 1. The molecule has 1 aliphatic heterocycles. The van der Waals surface area contributed by atoms with Gasteiger partial charge in [0.2, 0.25) is 5.78 Å². The van der Waals surface area contributed by atoms with Crippen LogP contribution in [0.3, 0.4) is 0 Å². The second kappa shape index (κ2) is 11.2. The molecule has 1 atom stereocenters. The summed E-state index contributed by atoms with van der Waals surface area (Å²) >= 11 is 6.18. The van der Waals surface area contributed by atoms with Gasteiger partial charge >= 0.3 is 0 Å². The van der Waals surface area contributed by atoms with Crippen molar-refractivity contribution in [2.24, 2.45) is 0 Å². The van der Waals surface area contributed by atoms with Crippen molar-refractivity contribution in [2.45, 2.75) is 6.04 Å². The van der Waals surface area contributed by atoms with E-state index in [2.05, 4.69) is 0 Å². The van der Waals surface area contributed by atoms with E-state index in [0.717, 1.165) is 0 Å². The number of hydrogen-bond acceptors (Lipinski definition) is 8. The van der Waals surface area contributed by atoms with Crippen molar-refractivity contribution in [2.75, 3.05) is 34.5 Å². The van der Waals surface area contributed by atoms with Crippen LogP contribution in [0.5, 0.6) is 23.0 Å². The van der Waals surface area contributed by atoms with Gasteiger partial charge in [0, 0.05) is 16.5 Å². The number of fused-ring (bicyclic) bond motifs is 1. The average molecular weight is 564 g/mol. The maximum atomic E-state index is 13.9. The van der Waals surface area contributed by atoms with Crippen LogP contribution in [0.4, 0.5) is 0 Å². The molecule has 1 N–H and O–H groups in total. The molecule has 0 radical (unpaired) electrons. The second-order valence-electron chi connectivity index (χ2n) is 8.93. The molecular formula is C30H26ClNO8. The van der Waals surface area contributed by atoms with E-state index in [1.54, 1.807) is 67.8 Å². The number of halogens is 1. The predicted octanol–water partition coefficient (Wildman–Crippen LogP) is 5.77. The van der Waals surface area contributed by atoms with Gasteiger partial charge in [0.05, 0.1) is 39.5 Å². The summed E-state index contributed by atoms with van der Waals surface area (Å²) in [6, 6.07) is 17.8. The number of ether oxygens (including phenoxy) is 4. The number of aliphatic hydroxyl groups is 1. The largest absolute Gasteiger partial charge is 0.503 e. The predicted molar refractivity (Wildman–Crippen MR) is 148 cm³/mol. The highest BCUT2D eigenvalue weighted by molar-refractivity contribution is 6.31. The van der Waals surface area contributed by atoms with Crippen LogP contribution in [-0.4, -0.2) is 56.2 Å². The molecule has 1 amide bonds. The topological polar surface area (TPSA) is 108 Å². The first-order valence-corrected chi connectivity index (χ1v) is 12.7. The molecule has 0 bridgehead atoms. The average Bonchev–Trinajstić information content (AvgIpc) is 3.51. The smallest absolute Gasteiger partial charge is 0.290 e. The van der Waals surface area contributed by atoms with E-state index < -0.39 is 23.5 Å². The highest BCUT2D eigenvalue weighted by Gasteiger charge is 2.44. The number of hydrogen-bond donors (Lipinski definition) is 1. The Bertz CT molecular complexity index is 1610. The minimum Gasteiger partial charge on any atom is -0.503 e. The summed E-state index contributed by atoms with van der Waals surface area (Å²) in [6.45, 7) is 0.185. The molecule has 0 spiro atoms. The van der Waals surface area contributed by atoms with Gasteiger partial charge in [-0.1, -0.05) is 23.7 Å². The lowest BCUT2D eigenvalue weighted by Crippen LogP contribution is -2.34. The number of rotatable bonds is 10. The number of carbonyl (C=O) groups excluding carboxylic acids is 2. The Hall–Kier alpha value is -4.63. The van der Waals surface area contributed by atoms with Crippen LogP contribution in [0.15, 0.2) is 82.5 Å². The van der Waals surface area contributed by atoms with Crippen molar-refractivity contribution in [3.63, 3.8) is 0 Å². The van der Waals surface area contributed by atoms with Crippen molar-refractivity contribution < 1.29 is 38.1 Å². The van der Waals surface area contributed by atoms with Crippen LogP contribution in [0, 0.1) is 0 Å². The lowest BCUT2D eigenvalue weighted by molar-refractivity contribution is -0.129. The fourth-order valence-electron chi connectivity index (χ4n) is 4.69. The molecule has 0 fully saturated rings. The van der Waals surface area contributed by atoms with Gasteiger partial charge in [-0.15, -0.1) is 0 Å². The highest BCUT2D eigenvalue weighted by Crippen LogP contribution is 2.41. The number of nitrogens with zero attached hydrogens (tertiary/aromatic N) is 1. The highest BCUT2D eigenvalue weighted by atomic mass is 35.5. The SMILES string of the molecule is COc1ccc(OCCN2C(=O)C(O)=C(C(=O)c3cc4cc(Cl)cc(OC)c4o3)C2c2cccc(OC)c2)cc1. The van der Waals surface area contributed by atoms with Crippen molar-refractivity contribution >= 4 is 34.3 Å². The van der Waals surface area contributed by atoms with Crippen LogP contribution in [0.2, 0.25) is 5.02 Å². The molecule has 0 aliphatic carbocycles. The number of aliphatic hydroxyl groups excluding tert-OH is 1. The van der Waals surface area contributed by atoms with Gasteiger partial charge < -0.3 is 33.4 Å². The van der Waals surface area contributed by atoms with Gasteiger partial charge in [0.1, 0.15) is 23.9 Å². The standard InChI is InChI=1S/C30H26ClNO8/c1-36-20-7-9-21(10-8-20)39-12-11-32-26(17-5-4-6-22(14-17)37-2)25(28(34)30(32)35)27(33)23-15-18-13-19(31)16-24(38-3)29(18)40-23/h4-10,13-16,26,34H,11-12H2,1-3H3. The van der Waals surface area contributed by atoms with Crippen LogP contribution < -0.4 is 18.9 Å². The zero-order valence-electron chi connectivity index (χ0n) is 22.0. The Morgan fingerprint density at radius 2 is 1.68 bits per heavy atom. The summed E-state index contributed by atoms with van der Waals surface area (Å²) in [7, 11) is 4.55. The van der Waals surface area contributed by atoms with Crippen molar-refractivity contribution in [3.05, 3.63) is 94.4 Å². The first-order valence-electron chi connectivity index (χ1n) is 12.3. The van der Waals surface area contributed by atoms with Crippen LogP contribution >= 0.6 is 11.6 Å². The zero-order valence-corrected chi connectivity index (χ0v) is 22.7. The normalized spacial score (nSPS) is 15.1. The number of Topliss-reactive ketones (excluding diaryl/α,β-unsaturated/α-hetero) is 1. The molecule has 10 heteroatoms. The van der Waals surface area contributed by atoms with E-state index in [9.17, 15) is 14.7 Å². The van der Waals surface area contributed by atoms with Gasteiger partial charge in [-0.25, -0.2) is 0 Å². The van der Waals surface area contributed by atoms with E-state index in [1.165, 1.54) is 25.2 Å². The third-order valence-corrected chi connectivity index (χ3v) is 6.83. The Balaban J connectivity index is 1.49. The zero-order chi connectivity index (χ0) is 28.4. The van der Waals surface area contributed by atoms with Crippen molar-refractivity contribution in [1.82, 2.24) is 4.90 Å². The molecule has 206 valence electrons. The van der Waals surface area contributed by atoms with Crippen molar-refractivity contribution in [3.8, 4) is 23.0 Å². The van der Waals surface area contributed by atoms with Gasteiger partial charge in [-0.3, -0.25) is 9.59 Å². The van der Waals surface area contributed by atoms with E-state index >= 15 is 0 Å². The summed E-state index contributed by atoms with van der Waals surface area (Å²) in [4.78, 5) is 28.6. The van der Waals surface area contributed by atoms with Gasteiger partial charge in [0.15, 0.2) is 22.9 Å². The third-order valence-electron chi connectivity index (χ3n) is 6.61. The molecular weight excluding hydrogens is 538 g/mol. The summed E-state index contributed by atoms with van der Waals surface area (Å²) < 4.78 is 27.6. The maximum Gasteiger partial charge on any atom is 0.290 e. The van der Waals surface area contributed by atoms with Crippen LogP contribution in [-0.2, 0) is 4.79 Å². The molecule has 5 rings (SSSR count). The summed E-state index contributed by atoms with van der Waals surface area (Å²) in [5, 5.41) is 11.9. The number of benzene rings is 3. The molecule has 1 unspecified atom stereocenters. The molecule has 40 heavy (non-hydrogen) atoms. The second-order valence-corrected chi connectivity index (χ2v) is 9.37. The molecule has 0 saturated carbocycles. The molecule has 1 aliphatic rings. The fraction of sp³-hybridized carbons (Fsp3) is 0.200. The minimum atomic E-state index is -0.923. The molecule has 9 nitrogen and oxygen atoms in total. The Morgan fingerprint density at radius 1 is 0.950 bits per heavy atom. The molecule has 0 saturated heterocycles. The molecule has 4 aromatic rings. The monoisotopic (exact) mass is 563 g/mol. The molecule has 2 heterocycles. The molecule has 3 aromatic carbocycles. The number of methoxy groups -OCH3 is 3. The third kappa shape index (κ3) is 5.03. The first kappa shape index (κ1) is 27.0. The fourth-order valence-corrected chi connectivity index (χ4v) is 4.91. The van der Waals surface area contributed by atoms with Crippen LogP contribution in [0.1, 0.15) is 22.2 Å². The van der Waals surface area contributed by atoms with Crippen LogP contribution in [0.25, 0.3) is 11.0 Å². The first-order chi connectivity index (χ1) is 19.3. The summed E-state index contributed by atoms with van der Waals surface area (Å²) in [6.07, 6.45) is 0. The van der Waals surface area contributed by atoms with E-state index in [0.29, 0.717) is 44.6 Å². The quantitative estimate of drug-likeness (QED) is 0.242. The van der Waals surface area contributed by atoms with Gasteiger partial charge in [0.25, 0.3) is 5.91 Å². The summed E-state index contributed by atoms with van der Waals surface area (Å²) in [5.74, 6) is 0.0564. The summed E-state index contributed by atoms with van der Waals surface area (Å²) in [5.41, 5.74) is 0.774. The number of ketones is 1. The number of amides is 1. The van der Waals surface area contributed by atoms with E-state index in [4.69, 9.17) is 35.0 Å². The Kier molecular flexibility index (Phi) is 7.57. The number of carbonyl (C=O) groups is 2. The Labute approximate surface area is 235 Å².